The molecule has 4 nitrogen and oxygen atoms in total. The normalized spacial score (nSPS) is 10.3. The number of hydrogen-bond acceptors (Lipinski definition) is 2. The zero-order valence-corrected chi connectivity index (χ0v) is 14.2. The molecule has 2 rings (SSSR count). The number of ether oxygens (including phenoxy) is 1. The number of benzene rings is 2. The first-order valence-electron chi connectivity index (χ1n) is 7.78. The molecular weight excluding hydrogens is 288 g/mol. The Kier molecular flexibility index (Phi) is 5.63. The predicted octanol–water partition coefficient (Wildman–Crippen LogP) is 4.12. The summed E-state index contributed by atoms with van der Waals surface area (Å²) in [6.45, 7) is 8.99. The van der Waals surface area contributed by atoms with Crippen molar-refractivity contribution in [2.24, 2.45) is 0 Å². The lowest BCUT2D eigenvalue weighted by molar-refractivity contribution is 0.247. The molecule has 2 aromatic carbocycles. The van der Waals surface area contributed by atoms with E-state index in [1.54, 1.807) is 0 Å². The maximum Gasteiger partial charge on any atom is 0.319 e. The average molecular weight is 312 g/mol. The SMILES string of the molecule is Cc1cc(C)cc(NC(=O)NCCOc2cccc(C)c2C)c1. The third-order valence-electron chi connectivity index (χ3n) is 3.68. The van der Waals surface area contributed by atoms with Crippen molar-refractivity contribution in [2.45, 2.75) is 27.7 Å². The van der Waals surface area contributed by atoms with Crippen molar-refractivity contribution in [1.29, 1.82) is 0 Å². The van der Waals surface area contributed by atoms with E-state index >= 15 is 0 Å². The van der Waals surface area contributed by atoms with Crippen LogP contribution in [0.3, 0.4) is 0 Å². The molecule has 2 amide bonds. The van der Waals surface area contributed by atoms with Crippen LogP contribution >= 0.6 is 0 Å². The van der Waals surface area contributed by atoms with Gasteiger partial charge >= 0.3 is 6.03 Å². The minimum absolute atomic E-state index is 0.223. The van der Waals surface area contributed by atoms with Gasteiger partial charge in [0.05, 0.1) is 6.54 Å². The highest BCUT2D eigenvalue weighted by molar-refractivity contribution is 5.89. The van der Waals surface area contributed by atoms with Crippen LogP contribution in [-0.2, 0) is 0 Å². The maximum absolute atomic E-state index is 11.9. The topological polar surface area (TPSA) is 50.4 Å². The molecule has 4 heteroatoms. The summed E-state index contributed by atoms with van der Waals surface area (Å²) < 4.78 is 5.71. The molecule has 0 bridgehead atoms. The molecule has 0 aliphatic heterocycles. The van der Waals surface area contributed by atoms with Gasteiger partial charge < -0.3 is 15.4 Å². The number of nitrogens with one attached hydrogen (secondary N) is 2. The molecule has 0 fully saturated rings. The van der Waals surface area contributed by atoms with Crippen molar-refractivity contribution in [2.75, 3.05) is 18.5 Å². The van der Waals surface area contributed by atoms with Gasteiger partial charge in [0.15, 0.2) is 0 Å². The summed E-state index contributed by atoms with van der Waals surface area (Å²) in [7, 11) is 0. The molecule has 0 saturated heterocycles. The van der Waals surface area contributed by atoms with Gasteiger partial charge in [0, 0.05) is 5.69 Å². The molecular formula is C19H24N2O2. The third kappa shape index (κ3) is 5.02. The van der Waals surface area contributed by atoms with E-state index in [0.29, 0.717) is 13.2 Å². The second-order valence-electron chi connectivity index (χ2n) is 5.80. The maximum atomic E-state index is 11.9. The van der Waals surface area contributed by atoms with Gasteiger partial charge in [-0.05, 0) is 68.1 Å². The van der Waals surface area contributed by atoms with Gasteiger partial charge in [0.2, 0.25) is 0 Å². The first-order chi connectivity index (χ1) is 11.0. The number of carbonyl (C=O) groups excluding carboxylic acids is 1. The van der Waals surface area contributed by atoms with Crippen LogP contribution in [0.1, 0.15) is 22.3 Å². The highest BCUT2D eigenvalue weighted by Crippen LogP contribution is 2.20. The van der Waals surface area contributed by atoms with E-state index in [2.05, 4.69) is 29.7 Å². The lowest BCUT2D eigenvalue weighted by atomic mass is 10.1. The Morgan fingerprint density at radius 3 is 2.43 bits per heavy atom. The predicted molar refractivity (Wildman–Crippen MR) is 94.3 cm³/mol. The van der Waals surface area contributed by atoms with Gasteiger partial charge in [-0.15, -0.1) is 0 Å². The monoisotopic (exact) mass is 312 g/mol. The van der Waals surface area contributed by atoms with Crippen molar-refractivity contribution in [1.82, 2.24) is 5.32 Å². The minimum Gasteiger partial charge on any atom is -0.491 e. The lowest BCUT2D eigenvalue weighted by Crippen LogP contribution is -2.32. The summed E-state index contributed by atoms with van der Waals surface area (Å²) in [5.74, 6) is 0.863. The van der Waals surface area contributed by atoms with Gasteiger partial charge in [0.25, 0.3) is 0 Å². The number of hydrogen-bond donors (Lipinski definition) is 2. The lowest BCUT2D eigenvalue weighted by Gasteiger charge is -2.12. The average Bonchev–Trinajstić information content (AvgIpc) is 2.46. The van der Waals surface area contributed by atoms with Crippen LogP contribution in [0.15, 0.2) is 36.4 Å². The summed E-state index contributed by atoms with van der Waals surface area (Å²) in [5.41, 5.74) is 5.38. The van der Waals surface area contributed by atoms with Crippen LogP contribution in [0.25, 0.3) is 0 Å². The van der Waals surface area contributed by atoms with Crippen LogP contribution in [-0.4, -0.2) is 19.2 Å². The van der Waals surface area contributed by atoms with E-state index in [-0.39, 0.29) is 6.03 Å². The second-order valence-corrected chi connectivity index (χ2v) is 5.80. The molecule has 0 aliphatic carbocycles. The van der Waals surface area contributed by atoms with E-state index in [4.69, 9.17) is 4.74 Å². The Labute approximate surface area is 137 Å². The molecule has 0 aliphatic rings. The number of anilines is 1. The van der Waals surface area contributed by atoms with Crippen molar-refractivity contribution < 1.29 is 9.53 Å². The van der Waals surface area contributed by atoms with Crippen LogP contribution in [0.4, 0.5) is 10.5 Å². The molecule has 0 heterocycles. The summed E-state index contributed by atoms with van der Waals surface area (Å²) in [5, 5.41) is 5.64. The van der Waals surface area contributed by atoms with Gasteiger partial charge in [0.1, 0.15) is 12.4 Å². The van der Waals surface area contributed by atoms with Crippen LogP contribution in [0.2, 0.25) is 0 Å². The van der Waals surface area contributed by atoms with Crippen LogP contribution < -0.4 is 15.4 Å². The Bertz CT molecular complexity index is 676. The van der Waals surface area contributed by atoms with Crippen molar-refractivity contribution in [3.05, 3.63) is 58.7 Å². The van der Waals surface area contributed by atoms with Crippen LogP contribution in [0.5, 0.6) is 5.75 Å². The Morgan fingerprint density at radius 2 is 1.74 bits per heavy atom. The number of amides is 2. The fourth-order valence-corrected chi connectivity index (χ4v) is 2.43. The number of carbonyl (C=O) groups is 1. The Morgan fingerprint density at radius 1 is 1.04 bits per heavy atom. The Hall–Kier alpha value is -2.49. The molecule has 0 unspecified atom stereocenters. The fraction of sp³-hybridized carbons (Fsp3) is 0.316. The second kappa shape index (κ2) is 7.68. The molecule has 2 aromatic rings. The number of aryl methyl sites for hydroxylation is 3. The quantitative estimate of drug-likeness (QED) is 0.816. The highest BCUT2D eigenvalue weighted by atomic mass is 16.5. The molecule has 2 N–H and O–H groups in total. The summed E-state index contributed by atoms with van der Waals surface area (Å²) in [6, 6.07) is 11.7. The molecule has 0 saturated carbocycles. The minimum atomic E-state index is -0.223. The first kappa shape index (κ1) is 16.9. The van der Waals surface area contributed by atoms with Gasteiger partial charge in [-0.3, -0.25) is 0 Å². The summed E-state index contributed by atoms with van der Waals surface area (Å²) in [6.07, 6.45) is 0. The molecule has 0 aromatic heterocycles. The van der Waals surface area contributed by atoms with Gasteiger partial charge in [-0.2, -0.15) is 0 Å². The number of urea groups is 1. The fourth-order valence-electron chi connectivity index (χ4n) is 2.43. The summed E-state index contributed by atoms with van der Waals surface area (Å²) >= 11 is 0. The van der Waals surface area contributed by atoms with Crippen molar-refractivity contribution in [3.63, 3.8) is 0 Å². The van der Waals surface area contributed by atoms with Crippen LogP contribution in [0, 0.1) is 27.7 Å². The first-order valence-corrected chi connectivity index (χ1v) is 7.78. The zero-order valence-electron chi connectivity index (χ0n) is 14.2. The number of rotatable bonds is 5. The molecule has 122 valence electrons. The summed E-state index contributed by atoms with van der Waals surface area (Å²) in [4.78, 5) is 11.9. The molecule has 0 radical (unpaired) electrons. The molecule has 23 heavy (non-hydrogen) atoms. The van der Waals surface area contributed by atoms with E-state index < -0.39 is 0 Å². The van der Waals surface area contributed by atoms with Crippen molar-refractivity contribution >= 4 is 11.7 Å². The molecule has 0 atom stereocenters. The third-order valence-corrected chi connectivity index (χ3v) is 3.68. The van der Waals surface area contributed by atoms with E-state index in [1.165, 1.54) is 5.56 Å². The largest absolute Gasteiger partial charge is 0.491 e. The van der Waals surface area contributed by atoms with E-state index in [1.807, 2.05) is 45.0 Å². The smallest absolute Gasteiger partial charge is 0.319 e. The highest BCUT2D eigenvalue weighted by Gasteiger charge is 2.04. The van der Waals surface area contributed by atoms with Crippen molar-refractivity contribution in [3.8, 4) is 5.75 Å². The van der Waals surface area contributed by atoms with E-state index in [9.17, 15) is 4.79 Å². The van der Waals surface area contributed by atoms with Gasteiger partial charge in [-0.25, -0.2) is 4.79 Å². The zero-order chi connectivity index (χ0) is 16.8. The Balaban J connectivity index is 1.77. The van der Waals surface area contributed by atoms with Gasteiger partial charge in [-0.1, -0.05) is 18.2 Å². The standard InChI is InChI=1S/C19H24N2O2/c1-13-10-14(2)12-17(11-13)21-19(22)20-8-9-23-18-7-5-6-15(3)16(18)4/h5-7,10-12H,8-9H2,1-4H3,(H2,20,21,22). The molecule has 0 spiro atoms. The van der Waals surface area contributed by atoms with E-state index in [0.717, 1.165) is 28.1 Å².